The van der Waals surface area contributed by atoms with E-state index in [0.29, 0.717) is 22.6 Å². The second-order valence-electron chi connectivity index (χ2n) is 5.86. The minimum absolute atomic E-state index is 0.189. The smallest absolute Gasteiger partial charge is 0.213 e. The van der Waals surface area contributed by atoms with Crippen LogP contribution >= 0.6 is 0 Å². The van der Waals surface area contributed by atoms with Gasteiger partial charge in [-0.1, -0.05) is 60.7 Å². The van der Waals surface area contributed by atoms with Gasteiger partial charge in [-0.25, -0.2) is 0 Å². The molecule has 0 radical (unpaired) electrons. The Hall–Kier alpha value is -3.73. The molecule has 0 aromatic heterocycles. The molecule has 0 amide bonds. The van der Waals surface area contributed by atoms with Crippen molar-refractivity contribution >= 4 is 17.7 Å². The summed E-state index contributed by atoms with van der Waals surface area (Å²) in [6.07, 6.45) is 1.56. The molecule has 0 bridgehead atoms. The molecular formula is C23H20N2O3. The Morgan fingerprint density at radius 3 is 2.07 bits per heavy atom. The molecule has 3 rings (SSSR count). The Morgan fingerprint density at radius 2 is 1.46 bits per heavy atom. The van der Waals surface area contributed by atoms with Gasteiger partial charge in [-0.15, -0.1) is 5.10 Å². The van der Waals surface area contributed by atoms with Gasteiger partial charge in [-0.05, 0) is 12.1 Å². The summed E-state index contributed by atoms with van der Waals surface area (Å²) in [5.41, 5.74) is 2.26. The highest BCUT2D eigenvalue weighted by molar-refractivity contribution is 6.51. The summed E-state index contributed by atoms with van der Waals surface area (Å²) in [6.45, 7) is 0. The van der Waals surface area contributed by atoms with Crippen molar-refractivity contribution in [1.29, 1.82) is 0 Å². The summed E-state index contributed by atoms with van der Waals surface area (Å²) < 4.78 is 10.6. The summed E-state index contributed by atoms with van der Waals surface area (Å²) in [5, 5.41) is 8.38. The van der Waals surface area contributed by atoms with Gasteiger partial charge in [0, 0.05) is 22.8 Å². The quantitative estimate of drug-likeness (QED) is 0.351. The molecule has 0 atom stereocenters. The lowest BCUT2D eigenvalue weighted by atomic mass is 10.0. The number of Topliss-reactive ketones (excluding diaryl/α,β-unsaturated/α-hetero) is 1. The SMILES string of the molecule is COc1ccc(/C=N\N=C(\C(=O)c2ccccc2)c2ccccc2)c(OC)c1. The molecule has 0 aliphatic carbocycles. The van der Waals surface area contributed by atoms with E-state index < -0.39 is 0 Å². The third kappa shape index (κ3) is 4.51. The first-order valence-electron chi connectivity index (χ1n) is 8.71. The Bertz CT molecular complexity index is 997. The zero-order chi connectivity index (χ0) is 19.8. The number of benzene rings is 3. The largest absolute Gasteiger partial charge is 0.497 e. The first-order valence-corrected chi connectivity index (χ1v) is 8.71. The maximum Gasteiger partial charge on any atom is 0.213 e. The third-order valence-electron chi connectivity index (χ3n) is 4.09. The molecule has 0 aliphatic rings. The molecule has 140 valence electrons. The van der Waals surface area contributed by atoms with Crippen LogP contribution in [-0.4, -0.2) is 31.9 Å². The molecule has 0 heterocycles. The standard InChI is InChI=1S/C23H20N2O3/c1-27-20-14-13-19(21(15-20)28-2)16-24-25-22(17-9-5-3-6-10-17)23(26)18-11-7-4-8-12-18/h3-16H,1-2H3/b24-16-,25-22+. The predicted molar refractivity (Wildman–Crippen MR) is 111 cm³/mol. The number of nitrogens with zero attached hydrogens (tertiary/aromatic N) is 2. The first-order chi connectivity index (χ1) is 13.7. The van der Waals surface area contributed by atoms with Crippen molar-refractivity contribution in [2.24, 2.45) is 10.2 Å². The second kappa shape index (κ2) is 9.28. The van der Waals surface area contributed by atoms with E-state index in [0.717, 1.165) is 5.56 Å². The molecular weight excluding hydrogens is 352 g/mol. The van der Waals surface area contributed by atoms with Crippen LogP contribution in [0.1, 0.15) is 21.5 Å². The van der Waals surface area contributed by atoms with Crippen molar-refractivity contribution in [3.8, 4) is 11.5 Å². The molecule has 3 aromatic rings. The first kappa shape index (κ1) is 19.0. The highest BCUT2D eigenvalue weighted by atomic mass is 16.5. The van der Waals surface area contributed by atoms with E-state index in [4.69, 9.17) is 9.47 Å². The van der Waals surface area contributed by atoms with Gasteiger partial charge in [0.2, 0.25) is 5.78 Å². The molecule has 3 aromatic carbocycles. The van der Waals surface area contributed by atoms with Gasteiger partial charge in [0.25, 0.3) is 0 Å². The highest BCUT2D eigenvalue weighted by Crippen LogP contribution is 2.23. The van der Waals surface area contributed by atoms with Crippen LogP contribution in [0.25, 0.3) is 0 Å². The van der Waals surface area contributed by atoms with Crippen molar-refractivity contribution in [3.05, 3.63) is 95.6 Å². The van der Waals surface area contributed by atoms with E-state index in [9.17, 15) is 4.79 Å². The summed E-state index contributed by atoms with van der Waals surface area (Å²) in [7, 11) is 3.16. The van der Waals surface area contributed by atoms with E-state index in [-0.39, 0.29) is 11.5 Å². The zero-order valence-electron chi connectivity index (χ0n) is 15.7. The predicted octanol–water partition coefficient (Wildman–Crippen LogP) is 4.41. The molecule has 0 unspecified atom stereocenters. The summed E-state index contributed by atoms with van der Waals surface area (Å²) >= 11 is 0. The van der Waals surface area contributed by atoms with Crippen LogP contribution in [0.15, 0.2) is 89.1 Å². The third-order valence-corrected chi connectivity index (χ3v) is 4.09. The number of ether oxygens (including phenoxy) is 2. The van der Waals surface area contributed by atoms with Gasteiger partial charge in [0.05, 0.1) is 20.4 Å². The lowest BCUT2D eigenvalue weighted by Crippen LogP contribution is -2.15. The fourth-order valence-corrected chi connectivity index (χ4v) is 2.63. The molecule has 5 nitrogen and oxygen atoms in total. The van der Waals surface area contributed by atoms with Crippen LogP contribution in [0.2, 0.25) is 0 Å². The topological polar surface area (TPSA) is 60.2 Å². The average molecular weight is 372 g/mol. The van der Waals surface area contributed by atoms with E-state index in [1.807, 2.05) is 54.6 Å². The molecule has 0 fully saturated rings. The lowest BCUT2D eigenvalue weighted by molar-refractivity contribution is 0.106. The number of carbonyl (C=O) groups is 1. The Labute approximate surface area is 164 Å². The van der Waals surface area contributed by atoms with E-state index in [1.165, 1.54) is 0 Å². The molecule has 0 saturated carbocycles. The van der Waals surface area contributed by atoms with Crippen molar-refractivity contribution in [1.82, 2.24) is 0 Å². The van der Waals surface area contributed by atoms with Gasteiger partial charge in [-0.2, -0.15) is 5.10 Å². The van der Waals surface area contributed by atoms with E-state index >= 15 is 0 Å². The number of rotatable bonds is 7. The molecule has 0 saturated heterocycles. The molecule has 5 heteroatoms. The Kier molecular flexibility index (Phi) is 6.31. The van der Waals surface area contributed by atoms with Crippen molar-refractivity contribution < 1.29 is 14.3 Å². The summed E-state index contributed by atoms with van der Waals surface area (Å²) in [5.74, 6) is 1.10. The molecule has 0 aliphatic heterocycles. The number of methoxy groups -OCH3 is 2. The van der Waals surface area contributed by atoms with Crippen molar-refractivity contribution in [2.75, 3.05) is 14.2 Å². The van der Waals surface area contributed by atoms with Crippen LogP contribution in [-0.2, 0) is 0 Å². The van der Waals surface area contributed by atoms with Crippen LogP contribution in [0.4, 0.5) is 0 Å². The zero-order valence-corrected chi connectivity index (χ0v) is 15.7. The van der Waals surface area contributed by atoms with E-state index in [1.54, 1.807) is 44.7 Å². The van der Waals surface area contributed by atoms with Crippen LogP contribution < -0.4 is 9.47 Å². The number of hydrogen-bond donors (Lipinski definition) is 0. The highest BCUT2D eigenvalue weighted by Gasteiger charge is 2.16. The summed E-state index contributed by atoms with van der Waals surface area (Å²) in [6, 6.07) is 23.7. The Balaban J connectivity index is 1.96. The fourth-order valence-electron chi connectivity index (χ4n) is 2.63. The minimum Gasteiger partial charge on any atom is -0.497 e. The molecule has 0 spiro atoms. The van der Waals surface area contributed by atoms with Crippen LogP contribution in [0, 0.1) is 0 Å². The fraction of sp³-hybridized carbons (Fsp3) is 0.0870. The monoisotopic (exact) mass is 372 g/mol. The molecule has 28 heavy (non-hydrogen) atoms. The Morgan fingerprint density at radius 1 is 0.821 bits per heavy atom. The van der Waals surface area contributed by atoms with Gasteiger partial charge >= 0.3 is 0 Å². The van der Waals surface area contributed by atoms with Crippen LogP contribution in [0.3, 0.4) is 0 Å². The van der Waals surface area contributed by atoms with Gasteiger partial charge in [-0.3, -0.25) is 4.79 Å². The van der Waals surface area contributed by atoms with Crippen molar-refractivity contribution in [2.45, 2.75) is 0 Å². The number of hydrogen-bond acceptors (Lipinski definition) is 5. The summed E-state index contributed by atoms with van der Waals surface area (Å²) in [4.78, 5) is 12.9. The van der Waals surface area contributed by atoms with Crippen molar-refractivity contribution in [3.63, 3.8) is 0 Å². The maximum absolute atomic E-state index is 12.9. The normalized spacial score (nSPS) is 11.4. The minimum atomic E-state index is -0.189. The van der Waals surface area contributed by atoms with E-state index in [2.05, 4.69) is 10.2 Å². The maximum atomic E-state index is 12.9. The average Bonchev–Trinajstić information content (AvgIpc) is 2.77. The van der Waals surface area contributed by atoms with Gasteiger partial charge in [0.15, 0.2) is 0 Å². The second-order valence-corrected chi connectivity index (χ2v) is 5.86. The number of carbonyl (C=O) groups excluding carboxylic acids is 1. The van der Waals surface area contributed by atoms with Gasteiger partial charge in [0.1, 0.15) is 17.2 Å². The molecule has 0 N–H and O–H groups in total. The van der Waals surface area contributed by atoms with Crippen LogP contribution in [0.5, 0.6) is 11.5 Å². The lowest BCUT2D eigenvalue weighted by Gasteiger charge is -2.07. The number of ketones is 1. The van der Waals surface area contributed by atoms with Gasteiger partial charge < -0.3 is 9.47 Å².